The summed E-state index contributed by atoms with van der Waals surface area (Å²) in [5, 5.41) is 0.392. The molecule has 1 aliphatic rings. The zero-order valence-corrected chi connectivity index (χ0v) is 10.3. The Hall–Kier alpha value is -0.490. The number of benzene rings is 1. The minimum atomic E-state index is 0.392. The van der Waals surface area contributed by atoms with Crippen LogP contribution in [0.2, 0.25) is 0 Å². The molecule has 0 bridgehead atoms. The third kappa shape index (κ3) is 2.36. The third-order valence-electron chi connectivity index (χ3n) is 3.70. The molecular weight excluding hydrogens is 204 g/mol. The van der Waals surface area contributed by atoms with E-state index >= 15 is 0 Å². The summed E-state index contributed by atoms with van der Waals surface area (Å²) in [5.74, 6) is 0.696. The van der Waals surface area contributed by atoms with Crippen LogP contribution >= 0.6 is 11.6 Å². The highest BCUT2D eigenvalue weighted by Gasteiger charge is 2.22. The number of hydrogen-bond donors (Lipinski definition) is 0. The van der Waals surface area contributed by atoms with Crippen LogP contribution in [0.4, 0.5) is 0 Å². The van der Waals surface area contributed by atoms with Crippen LogP contribution in [0, 0.1) is 13.8 Å². The van der Waals surface area contributed by atoms with Crippen molar-refractivity contribution in [3.63, 3.8) is 0 Å². The van der Waals surface area contributed by atoms with Gasteiger partial charge in [-0.2, -0.15) is 0 Å². The van der Waals surface area contributed by atoms with Crippen molar-refractivity contribution in [3.8, 4) is 0 Å². The van der Waals surface area contributed by atoms with E-state index in [4.69, 9.17) is 11.6 Å². The highest BCUT2D eigenvalue weighted by Crippen LogP contribution is 2.36. The van der Waals surface area contributed by atoms with Crippen molar-refractivity contribution in [1.82, 2.24) is 0 Å². The van der Waals surface area contributed by atoms with Gasteiger partial charge in [-0.25, -0.2) is 0 Å². The van der Waals surface area contributed by atoms with Crippen molar-refractivity contribution in [2.45, 2.75) is 50.8 Å². The van der Waals surface area contributed by atoms with Gasteiger partial charge < -0.3 is 0 Å². The van der Waals surface area contributed by atoms with Crippen LogP contribution in [-0.2, 0) is 0 Å². The standard InChI is InChI=1S/C14H19Cl/c1-10-5-3-8-14(11(10)2)12-6-4-7-13(15)9-12/h3,5,8,12-13H,4,6-7,9H2,1-2H3. The molecule has 0 aromatic heterocycles. The van der Waals surface area contributed by atoms with Crippen molar-refractivity contribution in [3.05, 3.63) is 34.9 Å². The summed E-state index contributed by atoms with van der Waals surface area (Å²) in [6.45, 7) is 4.43. The molecule has 0 saturated heterocycles. The largest absolute Gasteiger partial charge is 0.123 e. The molecule has 1 aromatic carbocycles. The molecule has 0 nitrogen and oxygen atoms in total. The van der Waals surface area contributed by atoms with Gasteiger partial charge in [0, 0.05) is 5.38 Å². The zero-order valence-electron chi connectivity index (χ0n) is 9.59. The van der Waals surface area contributed by atoms with Gasteiger partial charge in [-0.3, -0.25) is 0 Å². The minimum absolute atomic E-state index is 0.392. The zero-order chi connectivity index (χ0) is 10.8. The normalized spacial score (nSPS) is 26.6. The lowest BCUT2D eigenvalue weighted by molar-refractivity contribution is 0.448. The minimum Gasteiger partial charge on any atom is -0.123 e. The molecule has 1 aromatic rings. The summed E-state index contributed by atoms with van der Waals surface area (Å²) in [4.78, 5) is 0. The van der Waals surface area contributed by atoms with Gasteiger partial charge in [-0.05, 0) is 55.7 Å². The maximum atomic E-state index is 6.25. The first kappa shape index (κ1) is 11.0. The first-order valence-corrected chi connectivity index (χ1v) is 6.32. The SMILES string of the molecule is Cc1cccc(C2CCCC(Cl)C2)c1C. The molecule has 1 fully saturated rings. The Morgan fingerprint density at radius 3 is 2.73 bits per heavy atom. The number of aryl methyl sites for hydroxylation is 1. The van der Waals surface area contributed by atoms with E-state index < -0.39 is 0 Å². The van der Waals surface area contributed by atoms with Gasteiger partial charge in [-0.15, -0.1) is 11.6 Å². The predicted molar refractivity (Wildman–Crippen MR) is 66.8 cm³/mol. The number of alkyl halides is 1. The van der Waals surface area contributed by atoms with Gasteiger partial charge in [0.2, 0.25) is 0 Å². The number of hydrogen-bond acceptors (Lipinski definition) is 0. The quantitative estimate of drug-likeness (QED) is 0.611. The Labute approximate surface area is 97.6 Å². The van der Waals surface area contributed by atoms with E-state index in [9.17, 15) is 0 Å². The maximum absolute atomic E-state index is 6.25. The summed E-state index contributed by atoms with van der Waals surface area (Å²) in [7, 11) is 0. The third-order valence-corrected chi connectivity index (χ3v) is 4.09. The van der Waals surface area contributed by atoms with E-state index in [0.717, 1.165) is 6.42 Å². The molecule has 82 valence electrons. The summed E-state index contributed by atoms with van der Waals surface area (Å²) < 4.78 is 0. The van der Waals surface area contributed by atoms with Crippen LogP contribution in [0.3, 0.4) is 0 Å². The van der Waals surface area contributed by atoms with Crippen LogP contribution in [-0.4, -0.2) is 5.38 Å². The number of rotatable bonds is 1. The smallest absolute Gasteiger partial charge is 0.0341 e. The van der Waals surface area contributed by atoms with Gasteiger partial charge in [-0.1, -0.05) is 24.6 Å². The number of halogens is 1. The second-order valence-corrected chi connectivity index (χ2v) is 5.37. The van der Waals surface area contributed by atoms with Gasteiger partial charge in [0.1, 0.15) is 0 Å². The Kier molecular flexibility index (Phi) is 3.35. The summed E-state index contributed by atoms with van der Waals surface area (Å²) in [6, 6.07) is 6.65. The molecular formula is C14H19Cl. The topological polar surface area (TPSA) is 0 Å². The van der Waals surface area contributed by atoms with Crippen molar-refractivity contribution in [2.75, 3.05) is 0 Å². The average molecular weight is 223 g/mol. The second kappa shape index (κ2) is 4.57. The van der Waals surface area contributed by atoms with Gasteiger partial charge in [0.25, 0.3) is 0 Å². The van der Waals surface area contributed by atoms with Gasteiger partial charge in [0.05, 0.1) is 0 Å². The molecule has 2 atom stereocenters. The lowest BCUT2D eigenvalue weighted by Crippen LogP contribution is -2.15. The molecule has 2 rings (SSSR count). The van der Waals surface area contributed by atoms with Crippen molar-refractivity contribution in [1.29, 1.82) is 0 Å². The van der Waals surface area contributed by atoms with E-state index in [1.54, 1.807) is 0 Å². The molecule has 1 heteroatoms. The van der Waals surface area contributed by atoms with Gasteiger partial charge in [0.15, 0.2) is 0 Å². The highest BCUT2D eigenvalue weighted by atomic mass is 35.5. The summed E-state index contributed by atoms with van der Waals surface area (Å²) in [5.41, 5.74) is 4.40. The molecule has 0 aliphatic heterocycles. The Morgan fingerprint density at radius 1 is 1.20 bits per heavy atom. The predicted octanol–water partition coefficient (Wildman–Crippen LogP) is 4.57. The Morgan fingerprint density at radius 2 is 2.00 bits per heavy atom. The lowest BCUT2D eigenvalue weighted by Gasteiger charge is -2.27. The van der Waals surface area contributed by atoms with Crippen LogP contribution in [0.15, 0.2) is 18.2 Å². The van der Waals surface area contributed by atoms with Crippen LogP contribution in [0.25, 0.3) is 0 Å². The fraction of sp³-hybridized carbons (Fsp3) is 0.571. The molecule has 2 unspecified atom stereocenters. The fourth-order valence-corrected chi connectivity index (χ4v) is 3.00. The Balaban J connectivity index is 2.24. The molecule has 15 heavy (non-hydrogen) atoms. The monoisotopic (exact) mass is 222 g/mol. The van der Waals surface area contributed by atoms with E-state index in [1.165, 1.54) is 36.0 Å². The van der Waals surface area contributed by atoms with Crippen molar-refractivity contribution in [2.24, 2.45) is 0 Å². The second-order valence-electron chi connectivity index (χ2n) is 4.75. The van der Waals surface area contributed by atoms with E-state index in [2.05, 4.69) is 32.0 Å². The maximum Gasteiger partial charge on any atom is 0.0341 e. The van der Waals surface area contributed by atoms with Crippen molar-refractivity contribution >= 4 is 11.6 Å². The first-order chi connectivity index (χ1) is 7.18. The molecule has 1 saturated carbocycles. The van der Waals surface area contributed by atoms with E-state index in [0.29, 0.717) is 11.3 Å². The van der Waals surface area contributed by atoms with Gasteiger partial charge >= 0.3 is 0 Å². The summed E-state index contributed by atoms with van der Waals surface area (Å²) in [6.07, 6.45) is 4.95. The van der Waals surface area contributed by atoms with Crippen LogP contribution in [0.1, 0.15) is 48.3 Å². The Bertz CT molecular complexity index is 343. The van der Waals surface area contributed by atoms with Crippen LogP contribution in [0.5, 0.6) is 0 Å². The molecule has 0 amide bonds. The lowest BCUT2D eigenvalue weighted by atomic mass is 9.81. The molecule has 0 N–H and O–H groups in total. The van der Waals surface area contributed by atoms with E-state index in [-0.39, 0.29) is 0 Å². The fourth-order valence-electron chi connectivity index (χ4n) is 2.63. The van der Waals surface area contributed by atoms with Crippen LogP contribution < -0.4 is 0 Å². The first-order valence-electron chi connectivity index (χ1n) is 5.88. The highest BCUT2D eigenvalue weighted by molar-refractivity contribution is 6.20. The average Bonchev–Trinajstić information content (AvgIpc) is 2.22. The molecule has 1 aliphatic carbocycles. The molecule has 0 heterocycles. The molecule has 0 radical (unpaired) electrons. The van der Waals surface area contributed by atoms with E-state index in [1.807, 2.05) is 0 Å². The van der Waals surface area contributed by atoms with Crippen molar-refractivity contribution < 1.29 is 0 Å². The molecule has 0 spiro atoms. The summed E-state index contributed by atoms with van der Waals surface area (Å²) >= 11 is 6.25.